The van der Waals surface area contributed by atoms with Crippen molar-refractivity contribution >= 4 is 6.29 Å². The Morgan fingerprint density at radius 3 is 2.24 bits per heavy atom. The second-order valence-corrected chi connectivity index (χ2v) is 3.63. The monoisotopic (exact) mass is 232 g/mol. The van der Waals surface area contributed by atoms with E-state index in [1.54, 1.807) is 6.07 Å². The third-order valence-corrected chi connectivity index (χ3v) is 2.56. The Labute approximate surface area is 97.7 Å². The SMILES string of the molecule is O=Cc1cc(-c2ccccc2)ccc1C(F)F. The number of halogens is 2. The van der Waals surface area contributed by atoms with Crippen LogP contribution in [-0.2, 0) is 0 Å². The summed E-state index contributed by atoms with van der Waals surface area (Å²) in [7, 11) is 0. The first-order chi connectivity index (χ1) is 8.22. The molecule has 0 spiro atoms. The van der Waals surface area contributed by atoms with Crippen molar-refractivity contribution < 1.29 is 13.6 Å². The van der Waals surface area contributed by atoms with E-state index in [-0.39, 0.29) is 11.1 Å². The molecule has 17 heavy (non-hydrogen) atoms. The third kappa shape index (κ3) is 2.38. The molecule has 0 heterocycles. The van der Waals surface area contributed by atoms with Crippen LogP contribution in [0.25, 0.3) is 11.1 Å². The maximum Gasteiger partial charge on any atom is 0.264 e. The molecule has 0 aliphatic rings. The number of carbonyl (C=O) groups excluding carboxylic acids is 1. The predicted molar refractivity (Wildman–Crippen MR) is 62.2 cm³/mol. The number of alkyl halides is 2. The average Bonchev–Trinajstić information content (AvgIpc) is 2.39. The minimum Gasteiger partial charge on any atom is -0.298 e. The van der Waals surface area contributed by atoms with E-state index in [1.165, 1.54) is 12.1 Å². The second-order valence-electron chi connectivity index (χ2n) is 3.63. The molecule has 0 saturated heterocycles. The normalized spacial score (nSPS) is 10.5. The van der Waals surface area contributed by atoms with Crippen molar-refractivity contribution in [3.8, 4) is 11.1 Å². The van der Waals surface area contributed by atoms with E-state index in [9.17, 15) is 13.6 Å². The van der Waals surface area contributed by atoms with Gasteiger partial charge in [-0.25, -0.2) is 8.78 Å². The zero-order chi connectivity index (χ0) is 12.3. The maximum atomic E-state index is 12.6. The molecule has 0 saturated carbocycles. The van der Waals surface area contributed by atoms with Gasteiger partial charge in [-0.3, -0.25) is 4.79 Å². The smallest absolute Gasteiger partial charge is 0.264 e. The standard InChI is InChI=1S/C14H10F2O/c15-14(16)13-7-6-11(8-12(13)9-17)10-4-2-1-3-5-10/h1-9,14H. The molecule has 2 aromatic carbocycles. The highest BCUT2D eigenvalue weighted by Crippen LogP contribution is 2.27. The van der Waals surface area contributed by atoms with Crippen LogP contribution in [0, 0.1) is 0 Å². The zero-order valence-corrected chi connectivity index (χ0v) is 8.94. The van der Waals surface area contributed by atoms with Gasteiger partial charge in [-0.1, -0.05) is 42.5 Å². The number of hydrogen-bond donors (Lipinski definition) is 0. The Morgan fingerprint density at radius 1 is 0.941 bits per heavy atom. The molecule has 0 radical (unpaired) electrons. The van der Waals surface area contributed by atoms with Crippen molar-refractivity contribution in [2.24, 2.45) is 0 Å². The summed E-state index contributed by atoms with van der Waals surface area (Å²) in [5.41, 5.74) is 1.48. The second kappa shape index (κ2) is 4.87. The van der Waals surface area contributed by atoms with E-state index in [4.69, 9.17) is 0 Å². The van der Waals surface area contributed by atoms with E-state index >= 15 is 0 Å². The summed E-state index contributed by atoms with van der Waals surface area (Å²) in [6.07, 6.45) is -2.16. The average molecular weight is 232 g/mol. The Hall–Kier alpha value is -2.03. The summed E-state index contributed by atoms with van der Waals surface area (Å²) in [4.78, 5) is 10.8. The number of aldehydes is 1. The van der Waals surface area contributed by atoms with E-state index in [2.05, 4.69) is 0 Å². The molecule has 0 atom stereocenters. The molecule has 0 aromatic heterocycles. The van der Waals surface area contributed by atoms with Crippen LogP contribution in [0.15, 0.2) is 48.5 Å². The fourth-order valence-electron chi connectivity index (χ4n) is 1.69. The highest BCUT2D eigenvalue weighted by molar-refractivity contribution is 5.81. The fourth-order valence-corrected chi connectivity index (χ4v) is 1.69. The largest absolute Gasteiger partial charge is 0.298 e. The maximum absolute atomic E-state index is 12.6. The quantitative estimate of drug-likeness (QED) is 0.728. The fraction of sp³-hybridized carbons (Fsp3) is 0.0714. The molecule has 0 amide bonds. The van der Waals surface area contributed by atoms with E-state index in [0.717, 1.165) is 11.1 Å². The molecule has 0 N–H and O–H groups in total. The highest BCUT2D eigenvalue weighted by atomic mass is 19.3. The van der Waals surface area contributed by atoms with Crippen molar-refractivity contribution in [3.05, 3.63) is 59.7 Å². The lowest BCUT2D eigenvalue weighted by molar-refractivity contribution is 0.110. The van der Waals surface area contributed by atoms with Gasteiger partial charge in [0.25, 0.3) is 6.43 Å². The summed E-state index contributed by atoms with van der Waals surface area (Å²) >= 11 is 0. The van der Waals surface area contributed by atoms with Crippen LogP contribution in [0.2, 0.25) is 0 Å². The van der Waals surface area contributed by atoms with Gasteiger partial charge in [-0.15, -0.1) is 0 Å². The first-order valence-corrected chi connectivity index (χ1v) is 5.15. The molecule has 1 nitrogen and oxygen atoms in total. The van der Waals surface area contributed by atoms with Gasteiger partial charge in [0.15, 0.2) is 6.29 Å². The molecule has 86 valence electrons. The van der Waals surface area contributed by atoms with Gasteiger partial charge in [0, 0.05) is 11.1 Å². The number of carbonyl (C=O) groups is 1. The summed E-state index contributed by atoms with van der Waals surface area (Å²) in [5, 5.41) is 0. The Morgan fingerprint density at radius 2 is 1.65 bits per heavy atom. The topological polar surface area (TPSA) is 17.1 Å². The molecular formula is C14H10F2O. The number of hydrogen-bond acceptors (Lipinski definition) is 1. The molecule has 0 aliphatic carbocycles. The van der Waals surface area contributed by atoms with Gasteiger partial charge in [0.1, 0.15) is 0 Å². The minimum atomic E-state index is -2.62. The molecule has 3 heteroatoms. The third-order valence-electron chi connectivity index (χ3n) is 2.56. The van der Waals surface area contributed by atoms with Gasteiger partial charge >= 0.3 is 0 Å². The first-order valence-electron chi connectivity index (χ1n) is 5.15. The van der Waals surface area contributed by atoms with Crippen LogP contribution in [0.3, 0.4) is 0 Å². The number of benzene rings is 2. The van der Waals surface area contributed by atoms with E-state index < -0.39 is 6.43 Å². The van der Waals surface area contributed by atoms with Gasteiger partial charge in [0.05, 0.1) is 0 Å². The predicted octanol–water partition coefficient (Wildman–Crippen LogP) is 4.10. The molecular weight excluding hydrogens is 222 g/mol. The molecule has 0 bridgehead atoms. The van der Waals surface area contributed by atoms with Crippen LogP contribution in [-0.4, -0.2) is 6.29 Å². The van der Waals surface area contributed by atoms with Crippen LogP contribution >= 0.6 is 0 Å². The summed E-state index contributed by atoms with van der Waals surface area (Å²) in [6.45, 7) is 0. The van der Waals surface area contributed by atoms with Crippen LogP contribution < -0.4 is 0 Å². The minimum absolute atomic E-state index is 0.0429. The Bertz CT molecular complexity index is 521. The van der Waals surface area contributed by atoms with Crippen molar-refractivity contribution in [1.29, 1.82) is 0 Å². The van der Waals surface area contributed by atoms with Crippen molar-refractivity contribution in [1.82, 2.24) is 0 Å². The van der Waals surface area contributed by atoms with E-state index in [1.807, 2.05) is 30.3 Å². The Balaban J connectivity index is 2.49. The van der Waals surface area contributed by atoms with Crippen molar-refractivity contribution in [2.45, 2.75) is 6.43 Å². The van der Waals surface area contributed by atoms with Crippen LogP contribution in [0.1, 0.15) is 22.3 Å². The molecule has 0 fully saturated rings. The molecule has 0 aliphatic heterocycles. The lowest BCUT2D eigenvalue weighted by Gasteiger charge is -2.07. The van der Waals surface area contributed by atoms with Crippen LogP contribution in [0.4, 0.5) is 8.78 Å². The van der Waals surface area contributed by atoms with Crippen molar-refractivity contribution in [3.63, 3.8) is 0 Å². The lowest BCUT2D eigenvalue weighted by Crippen LogP contribution is -1.93. The molecule has 2 aromatic rings. The zero-order valence-electron chi connectivity index (χ0n) is 8.94. The lowest BCUT2D eigenvalue weighted by atomic mass is 10.00. The first kappa shape index (κ1) is 11.5. The van der Waals surface area contributed by atoms with Gasteiger partial charge in [0.2, 0.25) is 0 Å². The summed E-state index contributed by atoms with van der Waals surface area (Å²) in [5.74, 6) is 0. The van der Waals surface area contributed by atoms with Gasteiger partial charge in [-0.2, -0.15) is 0 Å². The molecule has 0 unspecified atom stereocenters. The van der Waals surface area contributed by atoms with Gasteiger partial charge < -0.3 is 0 Å². The highest BCUT2D eigenvalue weighted by Gasteiger charge is 2.13. The van der Waals surface area contributed by atoms with Crippen molar-refractivity contribution in [2.75, 3.05) is 0 Å². The van der Waals surface area contributed by atoms with Gasteiger partial charge in [-0.05, 0) is 17.2 Å². The number of rotatable bonds is 3. The van der Waals surface area contributed by atoms with E-state index in [0.29, 0.717) is 6.29 Å². The Kier molecular flexibility index (Phi) is 3.28. The van der Waals surface area contributed by atoms with Crippen LogP contribution in [0.5, 0.6) is 0 Å². The summed E-state index contributed by atoms with van der Waals surface area (Å²) in [6, 6.07) is 13.7. The summed E-state index contributed by atoms with van der Waals surface area (Å²) < 4.78 is 25.2. The molecule has 2 rings (SSSR count).